The van der Waals surface area contributed by atoms with Crippen molar-refractivity contribution in [1.29, 1.82) is 0 Å². The molecule has 0 amide bonds. The largest absolute Gasteiger partial charge is 0.205 e. The first kappa shape index (κ1) is 26.6. The van der Waals surface area contributed by atoms with Crippen LogP contribution in [0.3, 0.4) is 0 Å². The standard InChI is InChI=1S/C30H50N2/c1(3-5-7-9-11-13-15-19-25-31-27-21-17-22-28-31)2-4-6-8-10-12-14-16-20-26-32-29-23-18-24-30-32/h17-18,21-24,27-30H,1-16,19-20,25-26H2/q+2. The molecule has 0 bridgehead atoms. The Morgan fingerprint density at radius 3 is 0.719 bits per heavy atom. The minimum absolute atomic E-state index is 1.18. The van der Waals surface area contributed by atoms with Crippen molar-refractivity contribution in [2.45, 2.75) is 129 Å². The molecule has 0 aliphatic carbocycles. The van der Waals surface area contributed by atoms with Crippen LogP contribution < -0.4 is 9.13 Å². The monoisotopic (exact) mass is 438 g/mol. The summed E-state index contributed by atoms with van der Waals surface area (Å²) in [5, 5.41) is 0. The van der Waals surface area contributed by atoms with Crippen LogP contribution in [0.1, 0.15) is 116 Å². The fourth-order valence-corrected chi connectivity index (χ4v) is 4.58. The second kappa shape index (κ2) is 19.9. The summed E-state index contributed by atoms with van der Waals surface area (Å²) in [7, 11) is 0. The van der Waals surface area contributed by atoms with Crippen LogP contribution in [0.2, 0.25) is 0 Å². The first-order valence-corrected chi connectivity index (χ1v) is 13.8. The Morgan fingerprint density at radius 2 is 0.469 bits per heavy atom. The summed E-state index contributed by atoms with van der Waals surface area (Å²) in [6, 6.07) is 12.7. The molecule has 2 heterocycles. The minimum Gasteiger partial charge on any atom is -0.205 e. The lowest BCUT2D eigenvalue weighted by Gasteiger charge is -2.04. The summed E-state index contributed by atoms with van der Waals surface area (Å²) >= 11 is 0. The van der Waals surface area contributed by atoms with Gasteiger partial charge in [0, 0.05) is 37.1 Å². The van der Waals surface area contributed by atoms with Crippen LogP contribution in [-0.4, -0.2) is 0 Å². The van der Waals surface area contributed by atoms with E-state index in [4.69, 9.17) is 0 Å². The van der Waals surface area contributed by atoms with Crippen molar-refractivity contribution in [1.82, 2.24) is 0 Å². The van der Waals surface area contributed by atoms with Crippen molar-refractivity contribution in [2.24, 2.45) is 0 Å². The van der Waals surface area contributed by atoms with Gasteiger partial charge in [-0.3, -0.25) is 0 Å². The van der Waals surface area contributed by atoms with Gasteiger partial charge in [0.15, 0.2) is 24.8 Å². The van der Waals surface area contributed by atoms with E-state index in [9.17, 15) is 0 Å². The van der Waals surface area contributed by atoms with Gasteiger partial charge in [0.1, 0.15) is 13.1 Å². The fourth-order valence-electron chi connectivity index (χ4n) is 4.58. The summed E-state index contributed by atoms with van der Waals surface area (Å²) in [5.41, 5.74) is 0. The molecular weight excluding hydrogens is 388 g/mol. The number of nitrogens with zero attached hydrogens (tertiary/aromatic N) is 2. The third-order valence-electron chi connectivity index (χ3n) is 6.64. The highest BCUT2D eigenvalue weighted by molar-refractivity contribution is 4.84. The maximum atomic E-state index is 2.30. The fraction of sp³-hybridized carbons (Fsp3) is 0.667. The number of hydrogen-bond donors (Lipinski definition) is 0. The van der Waals surface area contributed by atoms with Crippen LogP contribution in [0.4, 0.5) is 0 Å². The summed E-state index contributed by atoms with van der Waals surface area (Å²) in [6.07, 6.45) is 34.4. The van der Waals surface area contributed by atoms with Crippen molar-refractivity contribution >= 4 is 0 Å². The van der Waals surface area contributed by atoms with E-state index in [1.807, 2.05) is 0 Å². The van der Waals surface area contributed by atoms with E-state index in [0.29, 0.717) is 0 Å². The number of unbranched alkanes of at least 4 members (excludes halogenated alkanes) is 17. The Morgan fingerprint density at radius 1 is 0.250 bits per heavy atom. The third kappa shape index (κ3) is 15.2. The molecule has 178 valence electrons. The van der Waals surface area contributed by atoms with Crippen molar-refractivity contribution in [3.8, 4) is 0 Å². The van der Waals surface area contributed by atoms with E-state index in [2.05, 4.69) is 70.3 Å². The Balaban J connectivity index is 1.21. The molecule has 2 aromatic rings. The lowest BCUT2D eigenvalue weighted by Crippen LogP contribution is -2.32. The van der Waals surface area contributed by atoms with Gasteiger partial charge in [-0.15, -0.1) is 0 Å². The molecule has 2 heteroatoms. The Bertz CT molecular complexity index is 568. The van der Waals surface area contributed by atoms with Gasteiger partial charge in [-0.1, -0.05) is 102 Å². The highest BCUT2D eigenvalue weighted by Gasteiger charge is 1.99. The summed E-state index contributed by atoms with van der Waals surface area (Å²) in [6.45, 7) is 2.35. The van der Waals surface area contributed by atoms with Crippen LogP contribution in [0, 0.1) is 0 Å². The average molecular weight is 439 g/mol. The maximum Gasteiger partial charge on any atom is 0.168 e. The van der Waals surface area contributed by atoms with Gasteiger partial charge in [-0.2, -0.15) is 0 Å². The number of rotatable bonds is 21. The molecule has 32 heavy (non-hydrogen) atoms. The van der Waals surface area contributed by atoms with E-state index in [1.54, 1.807) is 0 Å². The molecule has 0 saturated carbocycles. The van der Waals surface area contributed by atoms with Gasteiger partial charge in [0.25, 0.3) is 0 Å². The number of aryl methyl sites for hydroxylation is 2. The van der Waals surface area contributed by atoms with Crippen molar-refractivity contribution < 1.29 is 9.13 Å². The summed E-state index contributed by atoms with van der Waals surface area (Å²) in [5.74, 6) is 0. The van der Waals surface area contributed by atoms with Gasteiger partial charge >= 0.3 is 0 Å². The minimum atomic E-state index is 1.18. The molecule has 0 saturated heterocycles. The topological polar surface area (TPSA) is 7.76 Å². The predicted octanol–water partition coefficient (Wildman–Crippen LogP) is 7.98. The maximum absolute atomic E-state index is 2.30. The molecule has 2 nitrogen and oxygen atoms in total. The van der Waals surface area contributed by atoms with E-state index in [1.165, 1.54) is 129 Å². The quantitative estimate of drug-likeness (QED) is 0.138. The molecular formula is C30H50N2+2. The average Bonchev–Trinajstić information content (AvgIpc) is 2.84. The van der Waals surface area contributed by atoms with Crippen molar-refractivity contribution in [3.63, 3.8) is 0 Å². The van der Waals surface area contributed by atoms with Crippen molar-refractivity contribution in [2.75, 3.05) is 0 Å². The first-order chi connectivity index (χ1) is 15.9. The highest BCUT2D eigenvalue weighted by atomic mass is 14.9. The molecule has 0 aliphatic heterocycles. The Labute approximate surface area is 199 Å². The van der Waals surface area contributed by atoms with Gasteiger partial charge < -0.3 is 0 Å². The lowest BCUT2D eigenvalue weighted by atomic mass is 10.0. The smallest absolute Gasteiger partial charge is 0.168 e. The molecule has 0 fully saturated rings. The van der Waals surface area contributed by atoms with Crippen molar-refractivity contribution in [3.05, 3.63) is 61.2 Å². The molecule has 2 rings (SSSR count). The second-order valence-corrected chi connectivity index (χ2v) is 9.59. The molecule has 0 radical (unpaired) electrons. The zero-order chi connectivity index (χ0) is 22.4. The van der Waals surface area contributed by atoms with Crippen LogP contribution in [0.25, 0.3) is 0 Å². The zero-order valence-electron chi connectivity index (χ0n) is 20.8. The Kier molecular flexibility index (Phi) is 16.5. The molecule has 0 aliphatic rings. The van der Waals surface area contributed by atoms with Gasteiger partial charge in [0.2, 0.25) is 0 Å². The summed E-state index contributed by atoms with van der Waals surface area (Å²) in [4.78, 5) is 0. The highest BCUT2D eigenvalue weighted by Crippen LogP contribution is 2.14. The number of aromatic nitrogens is 2. The summed E-state index contributed by atoms with van der Waals surface area (Å²) < 4.78 is 4.60. The predicted molar refractivity (Wildman–Crippen MR) is 136 cm³/mol. The normalized spacial score (nSPS) is 11.1. The second-order valence-electron chi connectivity index (χ2n) is 9.59. The van der Waals surface area contributed by atoms with E-state index >= 15 is 0 Å². The molecule has 0 atom stereocenters. The molecule has 0 N–H and O–H groups in total. The van der Waals surface area contributed by atoms with Crippen LogP contribution in [0.15, 0.2) is 61.2 Å². The zero-order valence-corrected chi connectivity index (χ0v) is 20.8. The van der Waals surface area contributed by atoms with Crippen LogP contribution in [0.5, 0.6) is 0 Å². The van der Waals surface area contributed by atoms with Gasteiger partial charge in [-0.05, 0) is 12.8 Å². The molecule has 0 aromatic carbocycles. The SMILES string of the molecule is c1cc[n+](CCCCCCCCCCCCCCCCCCCC[n+]2ccccc2)cc1. The van der Waals surface area contributed by atoms with E-state index < -0.39 is 0 Å². The van der Waals surface area contributed by atoms with Crippen LogP contribution in [-0.2, 0) is 13.1 Å². The number of pyridine rings is 2. The molecule has 2 aromatic heterocycles. The molecule has 0 spiro atoms. The van der Waals surface area contributed by atoms with Gasteiger partial charge in [-0.25, -0.2) is 9.13 Å². The Hall–Kier alpha value is -1.70. The van der Waals surface area contributed by atoms with E-state index in [0.717, 1.165) is 0 Å². The lowest BCUT2D eigenvalue weighted by molar-refractivity contribution is -0.697. The first-order valence-electron chi connectivity index (χ1n) is 13.8. The van der Waals surface area contributed by atoms with Gasteiger partial charge in [0.05, 0.1) is 0 Å². The van der Waals surface area contributed by atoms with E-state index in [-0.39, 0.29) is 0 Å². The molecule has 0 unspecified atom stereocenters. The number of hydrogen-bond acceptors (Lipinski definition) is 0. The third-order valence-corrected chi connectivity index (χ3v) is 6.64. The van der Waals surface area contributed by atoms with Crippen LogP contribution >= 0.6 is 0 Å².